The Kier molecular flexibility index (Phi) is 22.6. The Labute approximate surface area is 153 Å². The Morgan fingerprint density at radius 1 is 0.750 bits per heavy atom. The molecule has 0 aromatic carbocycles. The fourth-order valence-electron chi connectivity index (χ4n) is 0. The average Bonchev–Trinajstić information content (AvgIpc) is 1.12. The molecule has 8 nitrogen and oxygen atoms in total. The predicted molar refractivity (Wildman–Crippen MR) is 24.1 cm³/mol. The minimum Gasteiger partial charge on any atom is -0.756 e. The van der Waals surface area contributed by atoms with Gasteiger partial charge < -0.3 is 29.4 Å². The fraction of sp³-hybridized carbons (Fsp3) is 0. The first-order valence-electron chi connectivity index (χ1n) is 1.53. The Bertz CT molecular complexity index is 127. The van der Waals surface area contributed by atoms with Gasteiger partial charge in [0.2, 0.25) is 0 Å². The van der Waals surface area contributed by atoms with Crippen molar-refractivity contribution in [2.75, 3.05) is 0 Å². The molecule has 4 N–H and O–H groups in total. The van der Waals surface area contributed by atoms with Gasteiger partial charge in [0.05, 0.1) is 0 Å². The Morgan fingerprint density at radius 2 is 0.750 bits per heavy atom. The summed E-state index contributed by atoms with van der Waals surface area (Å²) >= 11 is 0. The summed E-state index contributed by atoms with van der Waals surface area (Å²) in [6.07, 6.45) is 0. The molecule has 0 saturated heterocycles. The van der Waals surface area contributed by atoms with Crippen LogP contribution in [0.1, 0.15) is 0 Å². The molecule has 0 saturated carbocycles. The zero-order valence-electron chi connectivity index (χ0n) is 6.32. The third-order valence-corrected chi connectivity index (χ3v) is 0. The van der Waals surface area contributed by atoms with Crippen LogP contribution in [-0.4, -0.2) is 19.6 Å². The van der Waals surface area contributed by atoms with Crippen LogP contribution in [-0.2, 0) is 9.13 Å². The van der Waals surface area contributed by atoms with Gasteiger partial charge in [-0.1, -0.05) is 0 Å². The number of rotatable bonds is 0. The largest absolute Gasteiger partial charge is 1.00 e. The number of phosphoric acid groups is 2. The van der Waals surface area contributed by atoms with E-state index in [4.69, 9.17) is 38.5 Å². The molecule has 0 fully saturated rings. The van der Waals surface area contributed by atoms with Crippen LogP contribution in [0.2, 0.25) is 0 Å². The minimum absolute atomic E-state index is 0. The first kappa shape index (κ1) is 24.6. The van der Waals surface area contributed by atoms with Gasteiger partial charge in [-0.25, -0.2) is 0 Å². The van der Waals surface area contributed by atoms with Crippen molar-refractivity contribution in [3.8, 4) is 0 Å². The summed E-state index contributed by atoms with van der Waals surface area (Å²) < 4.78 is 17.5. The molecule has 0 aromatic rings. The molecule has 0 aliphatic rings. The van der Waals surface area contributed by atoms with Gasteiger partial charge in [-0.3, -0.25) is 9.13 Å². The Balaban J connectivity index is -0.0000000457. The Hall–Kier alpha value is 3.49. The summed E-state index contributed by atoms with van der Waals surface area (Å²) in [6.45, 7) is 0. The third kappa shape index (κ3) is 173. The molecule has 0 radical (unpaired) electrons. The second-order valence-corrected chi connectivity index (χ2v) is 2.94. The summed E-state index contributed by atoms with van der Waals surface area (Å²) in [5.41, 5.74) is 0. The number of hydrogen-bond donors (Lipinski definition) is 4. The van der Waals surface area contributed by atoms with Gasteiger partial charge in [0.1, 0.15) is 0 Å². The van der Waals surface area contributed by atoms with Gasteiger partial charge in [-0.15, -0.1) is 0 Å². The zero-order chi connectivity index (χ0) is 9.00. The van der Waals surface area contributed by atoms with Crippen molar-refractivity contribution < 1.29 is 141 Å². The van der Waals surface area contributed by atoms with E-state index in [1.54, 1.807) is 0 Å². The maximum Gasteiger partial charge on any atom is 1.00 e. The van der Waals surface area contributed by atoms with Gasteiger partial charge >= 0.3 is 103 Å². The summed E-state index contributed by atoms with van der Waals surface area (Å²) in [4.78, 5) is 45.8. The van der Waals surface area contributed by atoms with Crippen LogP contribution in [0.3, 0.4) is 0 Å². The monoisotopic (exact) mass is 272 g/mol. The van der Waals surface area contributed by atoms with E-state index in [1.165, 1.54) is 0 Å². The van der Waals surface area contributed by atoms with E-state index >= 15 is 0 Å². The molecule has 0 aliphatic carbocycles. The smallest absolute Gasteiger partial charge is 0.756 e. The van der Waals surface area contributed by atoms with Crippen LogP contribution in [0.4, 0.5) is 0 Å². The van der Waals surface area contributed by atoms with E-state index in [1.807, 2.05) is 0 Å². The second-order valence-electron chi connectivity index (χ2n) is 0.981. The van der Waals surface area contributed by atoms with E-state index in [0.717, 1.165) is 0 Å². The maximum absolute atomic E-state index is 8.77. The maximum atomic E-state index is 8.77. The van der Waals surface area contributed by atoms with E-state index in [-0.39, 0.29) is 103 Å². The van der Waals surface area contributed by atoms with E-state index in [2.05, 4.69) is 0 Å². The quantitative estimate of drug-likeness (QED) is 0.249. The van der Waals surface area contributed by atoms with Crippen LogP contribution < -0.4 is 113 Å². The first-order valence-corrected chi connectivity index (χ1v) is 4.59. The van der Waals surface area contributed by atoms with Gasteiger partial charge in [0, 0.05) is 0 Å². The van der Waals surface area contributed by atoms with Crippen LogP contribution in [0.25, 0.3) is 0 Å². The zero-order valence-corrected chi connectivity index (χ0v) is 14.4. The molecule has 0 aromatic heterocycles. The predicted octanol–water partition coefficient (Wildman–Crippen LogP) is -9.11. The molecular formula is H4K2O8P2. The molecular weight excluding hydrogens is 268 g/mol. The van der Waals surface area contributed by atoms with Crippen LogP contribution in [0.5, 0.6) is 0 Å². The van der Waals surface area contributed by atoms with Crippen LogP contribution >= 0.6 is 15.6 Å². The summed E-state index contributed by atoms with van der Waals surface area (Å²) in [6, 6.07) is 0. The average molecular weight is 272 g/mol. The van der Waals surface area contributed by atoms with Crippen molar-refractivity contribution in [2.45, 2.75) is 0 Å². The van der Waals surface area contributed by atoms with Crippen molar-refractivity contribution in [3.05, 3.63) is 0 Å². The van der Waals surface area contributed by atoms with Gasteiger partial charge in [-0.05, 0) is 0 Å². The molecule has 0 atom stereocenters. The molecule has 0 rings (SSSR count). The minimum atomic E-state index is -4.89. The van der Waals surface area contributed by atoms with Crippen molar-refractivity contribution in [1.82, 2.24) is 0 Å². The van der Waals surface area contributed by atoms with E-state index in [9.17, 15) is 0 Å². The topological polar surface area (TPSA) is 161 Å². The van der Waals surface area contributed by atoms with Gasteiger partial charge in [0.15, 0.2) is 0 Å². The van der Waals surface area contributed by atoms with Crippen molar-refractivity contribution in [2.24, 2.45) is 0 Å². The standard InChI is InChI=1S/2K.2H3O4P/c;;2*1-5(2,3)4/h;;2*(H3,1,2,3,4)/q2*+1;;/p-2. The summed E-state index contributed by atoms with van der Waals surface area (Å²) in [7, 11) is -9.78. The van der Waals surface area contributed by atoms with Gasteiger partial charge in [-0.2, -0.15) is 0 Å². The Morgan fingerprint density at radius 3 is 0.750 bits per heavy atom. The summed E-state index contributed by atoms with van der Waals surface area (Å²) in [5, 5.41) is 0. The van der Waals surface area contributed by atoms with Crippen molar-refractivity contribution >= 4 is 15.6 Å². The van der Waals surface area contributed by atoms with Crippen LogP contribution in [0, 0.1) is 0 Å². The van der Waals surface area contributed by atoms with E-state index < -0.39 is 15.6 Å². The third-order valence-electron chi connectivity index (χ3n) is 0. The molecule has 0 aliphatic heterocycles. The van der Waals surface area contributed by atoms with E-state index in [0.29, 0.717) is 0 Å². The molecule has 12 heteroatoms. The van der Waals surface area contributed by atoms with Crippen molar-refractivity contribution in [3.63, 3.8) is 0 Å². The SMILES string of the molecule is O=P([O-])(O)O.O=P([O-])(O)O.[K+].[K+]. The molecule has 0 bridgehead atoms. The normalized spacial score (nSPS) is 9.83. The molecule has 64 valence electrons. The molecule has 0 amide bonds. The number of hydrogen-bond acceptors (Lipinski definition) is 4. The first-order chi connectivity index (χ1) is 4.00. The molecule has 0 spiro atoms. The second kappa shape index (κ2) is 11.0. The van der Waals surface area contributed by atoms with Crippen LogP contribution in [0.15, 0.2) is 0 Å². The summed E-state index contributed by atoms with van der Waals surface area (Å²) in [5.74, 6) is 0. The molecule has 0 heterocycles. The van der Waals surface area contributed by atoms with Crippen molar-refractivity contribution in [1.29, 1.82) is 0 Å². The molecule has 12 heavy (non-hydrogen) atoms. The van der Waals surface area contributed by atoms with Gasteiger partial charge in [0.25, 0.3) is 15.6 Å². The fourth-order valence-corrected chi connectivity index (χ4v) is 0. The molecule has 0 unspecified atom stereocenters.